The van der Waals surface area contributed by atoms with Crippen LogP contribution >= 0.6 is 0 Å². The summed E-state index contributed by atoms with van der Waals surface area (Å²) in [6.07, 6.45) is 8.08. The molecule has 2 amide bonds. The summed E-state index contributed by atoms with van der Waals surface area (Å²) in [6, 6.07) is 5.84. The van der Waals surface area contributed by atoms with E-state index in [9.17, 15) is 9.59 Å². The Labute approximate surface area is 161 Å². The fraction of sp³-hybridized carbons (Fsp3) is 0.636. The number of rotatable bonds is 6. The number of amides is 2. The Hall–Kier alpha value is -1.88. The van der Waals surface area contributed by atoms with E-state index in [1.54, 1.807) is 0 Å². The van der Waals surface area contributed by atoms with Crippen LogP contribution in [0.4, 0.5) is 5.69 Å². The smallest absolute Gasteiger partial charge is 0.275 e. The van der Waals surface area contributed by atoms with E-state index >= 15 is 0 Å². The predicted molar refractivity (Wildman–Crippen MR) is 105 cm³/mol. The van der Waals surface area contributed by atoms with Crippen molar-refractivity contribution in [2.75, 3.05) is 18.4 Å². The first-order valence-electron chi connectivity index (χ1n) is 10.4. The summed E-state index contributed by atoms with van der Waals surface area (Å²) in [7, 11) is 0. The number of hydrogen-bond donors (Lipinski definition) is 3. The van der Waals surface area contributed by atoms with Crippen LogP contribution in [0.3, 0.4) is 0 Å². The van der Waals surface area contributed by atoms with Gasteiger partial charge in [0.05, 0.1) is 12.1 Å². The minimum atomic E-state index is -0.174. The number of quaternary nitrogens is 1. The molecular weight excluding hydrogens is 338 g/mol. The van der Waals surface area contributed by atoms with Gasteiger partial charge in [0.1, 0.15) is 0 Å². The molecule has 0 aliphatic heterocycles. The molecule has 146 valence electrons. The molecule has 4 fully saturated rings. The molecule has 4 bridgehead atoms. The molecule has 4 N–H and O–H groups in total. The van der Waals surface area contributed by atoms with Gasteiger partial charge < -0.3 is 16.0 Å². The summed E-state index contributed by atoms with van der Waals surface area (Å²) >= 11 is 0. The van der Waals surface area contributed by atoms with Gasteiger partial charge in [-0.15, -0.1) is 0 Å². The largest absolute Gasteiger partial charge is 0.342 e. The zero-order valence-electron chi connectivity index (χ0n) is 16.5. The standard InChI is InChI=1S/C22H31N3O2/c1-14-4-3-5-19(15(14)2)25-21(27)12-23-20(26)13-24-22-9-16-6-17(10-22)8-18(7-16)11-22/h3-5,16-18,24H,6-13H2,1-2H3,(H,23,26)(H,25,27)/p+1. The van der Waals surface area contributed by atoms with Gasteiger partial charge in [0.25, 0.3) is 5.91 Å². The van der Waals surface area contributed by atoms with Gasteiger partial charge in [0.2, 0.25) is 5.91 Å². The molecule has 5 heteroatoms. The number of carbonyl (C=O) groups is 2. The molecule has 4 aliphatic rings. The van der Waals surface area contributed by atoms with E-state index < -0.39 is 0 Å². The summed E-state index contributed by atoms with van der Waals surface area (Å²) in [5.74, 6) is 2.45. The highest BCUT2D eigenvalue weighted by Crippen LogP contribution is 2.54. The molecule has 5 rings (SSSR count). The second-order valence-electron chi connectivity index (χ2n) is 9.26. The average molecular weight is 371 g/mol. The highest BCUT2D eigenvalue weighted by Gasteiger charge is 2.53. The Kier molecular flexibility index (Phi) is 4.97. The number of nitrogens with one attached hydrogen (secondary N) is 2. The van der Waals surface area contributed by atoms with Crippen molar-refractivity contribution in [1.82, 2.24) is 5.32 Å². The third kappa shape index (κ3) is 4.03. The van der Waals surface area contributed by atoms with Crippen molar-refractivity contribution < 1.29 is 14.9 Å². The van der Waals surface area contributed by atoms with Crippen molar-refractivity contribution in [2.24, 2.45) is 17.8 Å². The number of nitrogens with two attached hydrogens (primary N) is 1. The lowest BCUT2D eigenvalue weighted by atomic mass is 9.53. The number of aryl methyl sites for hydroxylation is 1. The second kappa shape index (κ2) is 7.27. The van der Waals surface area contributed by atoms with E-state index in [0.717, 1.165) is 34.6 Å². The number of hydrogen-bond acceptors (Lipinski definition) is 2. The van der Waals surface area contributed by atoms with Gasteiger partial charge in [0.15, 0.2) is 6.54 Å². The third-order valence-electron chi connectivity index (χ3n) is 7.13. The van der Waals surface area contributed by atoms with Crippen LogP contribution in [0.2, 0.25) is 0 Å². The van der Waals surface area contributed by atoms with Gasteiger partial charge in [-0.25, -0.2) is 0 Å². The van der Waals surface area contributed by atoms with Crippen LogP contribution in [0.1, 0.15) is 49.7 Å². The van der Waals surface area contributed by atoms with E-state index in [-0.39, 0.29) is 18.4 Å². The van der Waals surface area contributed by atoms with E-state index in [1.807, 2.05) is 32.0 Å². The molecule has 0 heterocycles. The third-order valence-corrected chi connectivity index (χ3v) is 7.13. The summed E-state index contributed by atoms with van der Waals surface area (Å²) in [5, 5.41) is 7.97. The SMILES string of the molecule is Cc1cccc(NC(=O)CNC(=O)C[NH2+]C23CC4CC(CC(C4)C2)C3)c1C. The first-order valence-corrected chi connectivity index (χ1v) is 10.4. The zero-order valence-corrected chi connectivity index (χ0v) is 16.5. The molecule has 0 aromatic heterocycles. The second-order valence-corrected chi connectivity index (χ2v) is 9.26. The summed E-state index contributed by atoms with van der Waals surface area (Å²) < 4.78 is 0. The van der Waals surface area contributed by atoms with Crippen LogP contribution in [-0.2, 0) is 9.59 Å². The zero-order chi connectivity index (χ0) is 19.0. The first-order chi connectivity index (χ1) is 12.9. The van der Waals surface area contributed by atoms with Crippen molar-refractivity contribution in [3.63, 3.8) is 0 Å². The van der Waals surface area contributed by atoms with Gasteiger partial charge in [-0.05, 0) is 68.1 Å². The first kappa shape index (κ1) is 18.5. The highest BCUT2D eigenvalue weighted by molar-refractivity contribution is 5.95. The Balaban J connectivity index is 1.23. The fourth-order valence-electron chi connectivity index (χ4n) is 6.07. The summed E-state index contributed by atoms with van der Waals surface area (Å²) in [4.78, 5) is 24.5. The Morgan fingerprint density at radius 2 is 1.67 bits per heavy atom. The monoisotopic (exact) mass is 370 g/mol. The van der Waals surface area contributed by atoms with Crippen LogP contribution in [-0.4, -0.2) is 30.4 Å². The van der Waals surface area contributed by atoms with Crippen molar-refractivity contribution >= 4 is 17.5 Å². The number of anilines is 1. The van der Waals surface area contributed by atoms with Crippen LogP contribution in [0.15, 0.2) is 18.2 Å². The molecule has 1 aromatic carbocycles. The van der Waals surface area contributed by atoms with Crippen molar-refractivity contribution in [3.05, 3.63) is 29.3 Å². The highest BCUT2D eigenvalue weighted by atomic mass is 16.2. The van der Waals surface area contributed by atoms with E-state index in [2.05, 4.69) is 16.0 Å². The minimum absolute atomic E-state index is 0.0287. The molecule has 4 aliphatic carbocycles. The molecule has 0 atom stereocenters. The van der Waals surface area contributed by atoms with Crippen LogP contribution in [0.5, 0.6) is 0 Å². The Morgan fingerprint density at radius 1 is 1.04 bits per heavy atom. The summed E-state index contributed by atoms with van der Waals surface area (Å²) in [5.41, 5.74) is 3.32. The molecule has 0 unspecified atom stereocenters. The maximum Gasteiger partial charge on any atom is 0.275 e. The predicted octanol–water partition coefficient (Wildman–Crippen LogP) is 1.89. The normalized spacial score (nSPS) is 31.0. The molecule has 1 aromatic rings. The molecule has 0 spiro atoms. The van der Waals surface area contributed by atoms with Crippen LogP contribution < -0.4 is 16.0 Å². The van der Waals surface area contributed by atoms with E-state index in [4.69, 9.17) is 0 Å². The topological polar surface area (TPSA) is 74.8 Å². The maximum absolute atomic E-state index is 12.3. The Morgan fingerprint density at radius 3 is 2.30 bits per heavy atom. The van der Waals surface area contributed by atoms with Crippen LogP contribution in [0.25, 0.3) is 0 Å². The molecule has 5 nitrogen and oxygen atoms in total. The number of benzene rings is 1. The molecule has 4 saturated carbocycles. The van der Waals surface area contributed by atoms with E-state index in [0.29, 0.717) is 12.1 Å². The Bertz CT molecular complexity index is 708. The molecule has 0 radical (unpaired) electrons. The average Bonchev–Trinajstić information content (AvgIpc) is 2.61. The van der Waals surface area contributed by atoms with Crippen LogP contribution in [0, 0.1) is 31.6 Å². The maximum atomic E-state index is 12.3. The van der Waals surface area contributed by atoms with Gasteiger partial charge in [-0.3, -0.25) is 9.59 Å². The lowest BCUT2D eigenvalue weighted by Crippen LogP contribution is -3.00. The molecular formula is C22H32N3O2+. The van der Waals surface area contributed by atoms with Gasteiger partial charge in [-0.1, -0.05) is 12.1 Å². The van der Waals surface area contributed by atoms with Gasteiger partial charge >= 0.3 is 0 Å². The van der Waals surface area contributed by atoms with Crippen molar-refractivity contribution in [1.29, 1.82) is 0 Å². The summed E-state index contributed by atoms with van der Waals surface area (Å²) in [6.45, 7) is 4.47. The van der Waals surface area contributed by atoms with Gasteiger partial charge in [-0.2, -0.15) is 0 Å². The minimum Gasteiger partial charge on any atom is -0.342 e. The van der Waals surface area contributed by atoms with Crippen molar-refractivity contribution in [2.45, 2.75) is 57.9 Å². The lowest BCUT2D eigenvalue weighted by Gasteiger charge is -2.54. The van der Waals surface area contributed by atoms with E-state index in [1.165, 1.54) is 38.5 Å². The quantitative estimate of drug-likeness (QED) is 0.715. The lowest BCUT2D eigenvalue weighted by molar-refractivity contribution is -0.730. The fourth-order valence-corrected chi connectivity index (χ4v) is 6.07. The molecule has 0 saturated heterocycles. The van der Waals surface area contributed by atoms with Gasteiger partial charge in [0, 0.05) is 24.9 Å². The number of carbonyl (C=O) groups excluding carboxylic acids is 2. The van der Waals surface area contributed by atoms with Crippen molar-refractivity contribution in [3.8, 4) is 0 Å². The molecule has 27 heavy (non-hydrogen) atoms.